The van der Waals surface area contributed by atoms with Gasteiger partial charge in [0, 0.05) is 13.6 Å². The maximum Gasteiger partial charge on any atom is 0.246 e. The highest BCUT2D eigenvalue weighted by Crippen LogP contribution is 2.27. The predicted molar refractivity (Wildman–Crippen MR) is 106 cm³/mol. The van der Waals surface area contributed by atoms with Gasteiger partial charge in [0.1, 0.15) is 6.04 Å². The first-order chi connectivity index (χ1) is 12.1. The molecule has 0 aliphatic rings. The molecule has 1 amide bonds. The summed E-state index contributed by atoms with van der Waals surface area (Å²) in [7, 11) is -1.93. The number of rotatable bonds is 6. The molecular formula is C20H26N2O3S. The summed E-state index contributed by atoms with van der Waals surface area (Å²) in [6, 6.07) is 14.4. The van der Waals surface area contributed by atoms with E-state index in [1.807, 2.05) is 56.3 Å². The van der Waals surface area contributed by atoms with Crippen molar-refractivity contribution >= 4 is 21.6 Å². The van der Waals surface area contributed by atoms with Gasteiger partial charge in [-0.15, -0.1) is 0 Å². The molecule has 0 bridgehead atoms. The highest BCUT2D eigenvalue weighted by atomic mass is 32.2. The van der Waals surface area contributed by atoms with Gasteiger partial charge in [-0.1, -0.05) is 42.5 Å². The molecule has 0 saturated heterocycles. The summed E-state index contributed by atoms with van der Waals surface area (Å²) in [6.45, 7) is 5.80. The average molecular weight is 375 g/mol. The molecule has 0 saturated carbocycles. The molecule has 0 fully saturated rings. The number of amides is 1. The topological polar surface area (TPSA) is 57.7 Å². The smallest absolute Gasteiger partial charge is 0.246 e. The number of sulfonamides is 1. The van der Waals surface area contributed by atoms with Crippen LogP contribution in [0.3, 0.4) is 0 Å². The summed E-state index contributed by atoms with van der Waals surface area (Å²) in [4.78, 5) is 14.5. The number of carbonyl (C=O) groups excluding carboxylic acids is 1. The second-order valence-electron chi connectivity index (χ2n) is 6.70. The van der Waals surface area contributed by atoms with E-state index >= 15 is 0 Å². The van der Waals surface area contributed by atoms with E-state index < -0.39 is 16.1 Å². The third-order valence-corrected chi connectivity index (χ3v) is 5.53. The average Bonchev–Trinajstić information content (AvgIpc) is 2.57. The molecule has 2 rings (SSSR count). The van der Waals surface area contributed by atoms with Crippen molar-refractivity contribution in [2.45, 2.75) is 33.4 Å². The molecule has 0 radical (unpaired) electrons. The molecule has 0 aromatic heterocycles. The Morgan fingerprint density at radius 2 is 1.69 bits per heavy atom. The Bertz CT molecular complexity index is 879. The number of nitrogens with zero attached hydrogens (tertiary/aromatic N) is 2. The quantitative estimate of drug-likeness (QED) is 0.781. The SMILES string of the molecule is Cc1ccc(C)c(N([C@@H](C)C(=O)N(C)Cc2ccccc2)S(C)(=O)=O)c1. The summed E-state index contributed by atoms with van der Waals surface area (Å²) < 4.78 is 26.2. The van der Waals surface area contributed by atoms with Crippen LogP contribution >= 0.6 is 0 Å². The highest BCUT2D eigenvalue weighted by Gasteiger charge is 2.31. The zero-order chi connectivity index (χ0) is 19.5. The van der Waals surface area contributed by atoms with Gasteiger partial charge in [-0.2, -0.15) is 0 Å². The first-order valence-electron chi connectivity index (χ1n) is 8.47. The summed E-state index contributed by atoms with van der Waals surface area (Å²) >= 11 is 0. The van der Waals surface area contributed by atoms with Gasteiger partial charge in [0.15, 0.2) is 0 Å². The first kappa shape index (κ1) is 20.0. The summed E-state index contributed by atoms with van der Waals surface area (Å²) in [5, 5.41) is 0. The van der Waals surface area contributed by atoms with Crippen LogP contribution in [-0.2, 0) is 21.4 Å². The van der Waals surface area contributed by atoms with E-state index in [1.54, 1.807) is 24.9 Å². The molecule has 0 unspecified atom stereocenters. The fraction of sp³-hybridized carbons (Fsp3) is 0.350. The zero-order valence-corrected chi connectivity index (χ0v) is 16.7. The Kier molecular flexibility index (Phi) is 6.08. The molecule has 6 heteroatoms. The molecular weight excluding hydrogens is 348 g/mol. The van der Waals surface area contributed by atoms with Crippen molar-refractivity contribution in [3.8, 4) is 0 Å². The van der Waals surface area contributed by atoms with Crippen LogP contribution in [0.5, 0.6) is 0 Å². The van der Waals surface area contributed by atoms with Crippen molar-refractivity contribution in [2.75, 3.05) is 17.6 Å². The Morgan fingerprint density at radius 3 is 2.27 bits per heavy atom. The van der Waals surface area contributed by atoms with Gasteiger partial charge in [-0.25, -0.2) is 8.42 Å². The fourth-order valence-electron chi connectivity index (χ4n) is 2.99. The van der Waals surface area contributed by atoms with Gasteiger partial charge in [-0.05, 0) is 43.5 Å². The summed E-state index contributed by atoms with van der Waals surface area (Å²) in [6.07, 6.45) is 1.13. The number of anilines is 1. The number of carbonyl (C=O) groups is 1. The molecule has 2 aromatic carbocycles. The number of hydrogen-bond acceptors (Lipinski definition) is 3. The molecule has 2 aromatic rings. The molecule has 0 spiro atoms. The van der Waals surface area contributed by atoms with Gasteiger partial charge in [-0.3, -0.25) is 9.10 Å². The van der Waals surface area contributed by atoms with E-state index in [9.17, 15) is 13.2 Å². The molecule has 1 atom stereocenters. The predicted octanol–water partition coefficient (Wildman–Crippen LogP) is 3.12. The first-order valence-corrected chi connectivity index (χ1v) is 10.3. The third-order valence-electron chi connectivity index (χ3n) is 4.31. The zero-order valence-electron chi connectivity index (χ0n) is 15.9. The van der Waals surface area contributed by atoms with Crippen molar-refractivity contribution in [3.63, 3.8) is 0 Å². The lowest BCUT2D eigenvalue weighted by Gasteiger charge is -2.32. The maximum absolute atomic E-state index is 12.9. The van der Waals surface area contributed by atoms with Crippen molar-refractivity contribution in [2.24, 2.45) is 0 Å². The molecule has 140 valence electrons. The largest absolute Gasteiger partial charge is 0.340 e. The lowest BCUT2D eigenvalue weighted by molar-refractivity contribution is -0.131. The van der Waals surface area contributed by atoms with Crippen LogP contribution in [0.15, 0.2) is 48.5 Å². The van der Waals surface area contributed by atoms with Crippen molar-refractivity contribution in [1.29, 1.82) is 0 Å². The van der Waals surface area contributed by atoms with Gasteiger partial charge >= 0.3 is 0 Å². The van der Waals surface area contributed by atoms with Gasteiger partial charge in [0.05, 0.1) is 11.9 Å². The Balaban J connectivity index is 2.33. The van der Waals surface area contributed by atoms with E-state index in [-0.39, 0.29) is 5.91 Å². The van der Waals surface area contributed by atoms with E-state index in [2.05, 4.69) is 0 Å². The van der Waals surface area contributed by atoms with Crippen LogP contribution in [0.1, 0.15) is 23.6 Å². The van der Waals surface area contributed by atoms with Crippen LogP contribution in [0.2, 0.25) is 0 Å². The van der Waals surface area contributed by atoms with E-state index in [1.165, 1.54) is 4.31 Å². The van der Waals surface area contributed by atoms with Gasteiger partial charge in [0.25, 0.3) is 0 Å². The summed E-state index contributed by atoms with van der Waals surface area (Å²) in [5.74, 6) is -0.250. The normalized spacial score (nSPS) is 12.5. The van der Waals surface area contributed by atoms with Crippen molar-refractivity contribution < 1.29 is 13.2 Å². The van der Waals surface area contributed by atoms with Gasteiger partial charge < -0.3 is 4.90 Å². The third kappa shape index (κ3) is 4.64. The summed E-state index contributed by atoms with van der Waals surface area (Å²) in [5.41, 5.74) is 3.29. The lowest BCUT2D eigenvalue weighted by atomic mass is 10.1. The fourth-order valence-corrected chi connectivity index (χ4v) is 4.20. The van der Waals surface area contributed by atoms with Crippen molar-refractivity contribution in [1.82, 2.24) is 4.90 Å². The molecule has 0 aliphatic carbocycles. The number of aryl methyl sites for hydroxylation is 2. The molecule has 0 aliphatic heterocycles. The standard InChI is InChI=1S/C20H26N2O3S/c1-15-11-12-16(2)19(13-15)22(26(5,24)25)17(3)20(23)21(4)14-18-9-7-6-8-10-18/h6-13,17H,14H2,1-5H3/t17-/m0/s1. The highest BCUT2D eigenvalue weighted by molar-refractivity contribution is 7.92. The second kappa shape index (κ2) is 7.91. The van der Waals surface area contributed by atoms with E-state index in [0.717, 1.165) is 22.9 Å². The number of benzene rings is 2. The van der Waals surface area contributed by atoms with Crippen molar-refractivity contribution in [3.05, 3.63) is 65.2 Å². The van der Waals surface area contributed by atoms with Crippen LogP contribution in [0.25, 0.3) is 0 Å². The minimum Gasteiger partial charge on any atom is -0.340 e. The Hall–Kier alpha value is -2.34. The Labute approximate surface area is 156 Å². The maximum atomic E-state index is 12.9. The Morgan fingerprint density at radius 1 is 1.08 bits per heavy atom. The molecule has 26 heavy (non-hydrogen) atoms. The van der Waals surface area contributed by atoms with E-state index in [0.29, 0.717) is 12.2 Å². The van der Waals surface area contributed by atoms with Crippen LogP contribution < -0.4 is 4.31 Å². The molecule has 5 nitrogen and oxygen atoms in total. The van der Waals surface area contributed by atoms with Crippen LogP contribution in [0.4, 0.5) is 5.69 Å². The monoisotopic (exact) mass is 374 g/mol. The second-order valence-corrected chi connectivity index (χ2v) is 8.56. The molecule has 0 heterocycles. The minimum absolute atomic E-state index is 0.250. The van der Waals surface area contributed by atoms with E-state index in [4.69, 9.17) is 0 Å². The molecule has 0 N–H and O–H groups in total. The number of hydrogen-bond donors (Lipinski definition) is 0. The number of likely N-dealkylation sites (N-methyl/N-ethyl adjacent to an activating group) is 1. The van der Waals surface area contributed by atoms with Crippen LogP contribution in [-0.4, -0.2) is 38.6 Å². The van der Waals surface area contributed by atoms with Crippen LogP contribution in [0, 0.1) is 13.8 Å². The van der Waals surface area contributed by atoms with Gasteiger partial charge in [0.2, 0.25) is 15.9 Å². The minimum atomic E-state index is -3.62. The lowest BCUT2D eigenvalue weighted by Crippen LogP contribution is -2.48.